The monoisotopic (exact) mass is 547 g/mol. The van der Waals surface area contributed by atoms with Crippen molar-refractivity contribution in [2.24, 2.45) is 7.05 Å². The zero-order chi connectivity index (χ0) is 28.3. The Kier molecular flexibility index (Phi) is 7.82. The third kappa shape index (κ3) is 6.02. The van der Waals surface area contributed by atoms with Gasteiger partial charge in [0.05, 0.1) is 23.0 Å². The highest BCUT2D eigenvalue weighted by atomic mass is 16.2. The molecule has 2 aromatic heterocycles. The smallest absolute Gasteiger partial charge is 0.270 e. The molecule has 8 heteroatoms. The molecule has 2 fully saturated rings. The maximum Gasteiger partial charge on any atom is 0.270 e. The number of benzene rings is 2. The van der Waals surface area contributed by atoms with Gasteiger partial charge in [-0.3, -0.25) is 24.6 Å². The van der Waals surface area contributed by atoms with Crippen LogP contribution in [-0.4, -0.2) is 74.4 Å². The van der Waals surface area contributed by atoms with Crippen LogP contribution in [0, 0.1) is 18.3 Å². The molecule has 41 heavy (non-hydrogen) atoms. The number of aromatic nitrogens is 3. The maximum absolute atomic E-state index is 13.6. The second-order valence-corrected chi connectivity index (χ2v) is 11.5. The summed E-state index contributed by atoms with van der Waals surface area (Å²) in [7, 11) is 2.00. The summed E-state index contributed by atoms with van der Waals surface area (Å²) in [5, 5.41) is 10.2. The van der Waals surface area contributed by atoms with Gasteiger partial charge in [0.25, 0.3) is 5.91 Å². The van der Waals surface area contributed by atoms with Crippen LogP contribution in [0.15, 0.2) is 60.9 Å². The van der Waals surface area contributed by atoms with Crippen molar-refractivity contribution in [3.05, 3.63) is 94.7 Å². The number of rotatable bonds is 6. The first-order chi connectivity index (χ1) is 20.0. The Morgan fingerprint density at radius 1 is 0.902 bits per heavy atom. The minimum Gasteiger partial charge on any atom is -0.340 e. The van der Waals surface area contributed by atoms with Crippen LogP contribution in [-0.2, 0) is 20.1 Å². The Hall–Kier alpha value is -4.06. The lowest BCUT2D eigenvalue weighted by Gasteiger charge is -2.34. The first kappa shape index (κ1) is 27.1. The Labute approximate surface area is 241 Å². The lowest BCUT2D eigenvalue weighted by atomic mass is 9.89. The number of carbonyl (C=O) groups is 1. The molecule has 2 aromatic carbocycles. The van der Waals surface area contributed by atoms with Crippen LogP contribution in [0.1, 0.15) is 57.3 Å². The highest BCUT2D eigenvalue weighted by molar-refractivity contribution is 5.99. The van der Waals surface area contributed by atoms with Gasteiger partial charge in [-0.1, -0.05) is 18.2 Å². The minimum absolute atomic E-state index is 0.107. The first-order valence-electron chi connectivity index (χ1n) is 14.6. The fourth-order valence-corrected chi connectivity index (χ4v) is 6.20. The minimum atomic E-state index is 0.107. The van der Waals surface area contributed by atoms with Crippen molar-refractivity contribution in [2.75, 3.05) is 39.3 Å². The van der Waals surface area contributed by atoms with Gasteiger partial charge in [-0.15, -0.1) is 0 Å². The zero-order valence-corrected chi connectivity index (χ0v) is 24.0. The number of hydrogen-bond donors (Lipinski definition) is 0. The molecule has 0 atom stereocenters. The van der Waals surface area contributed by atoms with Crippen LogP contribution in [0.5, 0.6) is 0 Å². The van der Waals surface area contributed by atoms with Crippen LogP contribution >= 0.6 is 0 Å². The Balaban J connectivity index is 1.06. The Bertz CT molecular complexity index is 1550. The number of likely N-dealkylation sites (tertiary alicyclic amines) is 1. The molecular weight excluding hydrogens is 510 g/mol. The third-order valence-electron chi connectivity index (χ3n) is 8.71. The van der Waals surface area contributed by atoms with Gasteiger partial charge in [0, 0.05) is 69.6 Å². The fourth-order valence-electron chi connectivity index (χ4n) is 6.20. The predicted octanol–water partition coefficient (Wildman–Crippen LogP) is 4.49. The molecule has 0 N–H and O–H groups in total. The van der Waals surface area contributed by atoms with Crippen molar-refractivity contribution >= 4 is 16.8 Å². The van der Waals surface area contributed by atoms with Gasteiger partial charge in [0.1, 0.15) is 5.69 Å². The van der Waals surface area contributed by atoms with E-state index in [1.807, 2.05) is 55.5 Å². The quantitative estimate of drug-likeness (QED) is 0.354. The van der Waals surface area contributed by atoms with Gasteiger partial charge in [-0.25, -0.2) is 0 Å². The number of fused-ring (bicyclic) bond motifs is 1. The van der Waals surface area contributed by atoms with E-state index in [0.717, 1.165) is 80.1 Å². The third-order valence-corrected chi connectivity index (χ3v) is 8.71. The van der Waals surface area contributed by atoms with E-state index in [1.165, 1.54) is 11.1 Å². The van der Waals surface area contributed by atoms with E-state index in [-0.39, 0.29) is 5.91 Å². The molecule has 0 bridgehead atoms. The van der Waals surface area contributed by atoms with Gasteiger partial charge in [-0.05, 0) is 80.2 Å². The molecule has 2 aliphatic rings. The summed E-state index contributed by atoms with van der Waals surface area (Å²) in [5.74, 6) is 0.638. The molecule has 0 unspecified atom stereocenters. The number of carbonyl (C=O) groups excluding carboxylic acids is 1. The van der Waals surface area contributed by atoms with Crippen molar-refractivity contribution in [3.63, 3.8) is 0 Å². The molecule has 4 heterocycles. The predicted molar refractivity (Wildman–Crippen MR) is 159 cm³/mol. The van der Waals surface area contributed by atoms with Crippen LogP contribution < -0.4 is 0 Å². The number of amides is 1. The van der Waals surface area contributed by atoms with E-state index >= 15 is 0 Å². The molecule has 0 saturated carbocycles. The number of nitrogens with zero attached hydrogens (tertiary/aromatic N) is 7. The molecule has 1 amide bonds. The van der Waals surface area contributed by atoms with Crippen molar-refractivity contribution in [1.29, 1.82) is 5.26 Å². The van der Waals surface area contributed by atoms with Crippen LogP contribution in [0.3, 0.4) is 0 Å². The normalized spacial score (nSPS) is 17.1. The first-order valence-corrected chi connectivity index (χ1v) is 14.6. The Morgan fingerprint density at radius 3 is 2.32 bits per heavy atom. The average Bonchev–Trinajstić information content (AvgIpc) is 3.34. The topological polar surface area (TPSA) is 81.3 Å². The lowest BCUT2D eigenvalue weighted by Crippen LogP contribution is -2.48. The summed E-state index contributed by atoms with van der Waals surface area (Å²) >= 11 is 0. The van der Waals surface area contributed by atoms with E-state index < -0.39 is 0 Å². The molecule has 2 aliphatic heterocycles. The van der Waals surface area contributed by atoms with Crippen molar-refractivity contribution in [1.82, 2.24) is 29.2 Å². The van der Waals surface area contributed by atoms with Crippen molar-refractivity contribution in [3.8, 4) is 6.07 Å². The lowest BCUT2D eigenvalue weighted by molar-refractivity contribution is 0.0619. The Morgan fingerprint density at radius 2 is 1.63 bits per heavy atom. The van der Waals surface area contributed by atoms with Gasteiger partial charge in [0.15, 0.2) is 0 Å². The molecule has 0 aliphatic carbocycles. The van der Waals surface area contributed by atoms with Gasteiger partial charge >= 0.3 is 0 Å². The van der Waals surface area contributed by atoms with E-state index in [1.54, 1.807) is 0 Å². The van der Waals surface area contributed by atoms with Crippen LogP contribution in [0.4, 0.5) is 0 Å². The summed E-state index contributed by atoms with van der Waals surface area (Å²) in [6, 6.07) is 18.8. The van der Waals surface area contributed by atoms with Crippen LogP contribution in [0.2, 0.25) is 0 Å². The molecule has 2 saturated heterocycles. The summed E-state index contributed by atoms with van der Waals surface area (Å²) in [4.78, 5) is 29.3. The standard InChI is InChI=1S/C33H37N7O/c1-24-20-36-30(21-35-24)23-38-11-9-27(10-12-38)28-7-8-31-29(17-28)18-32(37(31)2)33(41)40-15-13-39(14-16-40)22-26-5-3-25(19-34)4-6-26/h3-8,17-18,20-21,27H,9-16,22-23H2,1-2H3. The molecule has 210 valence electrons. The van der Waals surface area contributed by atoms with E-state index in [4.69, 9.17) is 5.26 Å². The summed E-state index contributed by atoms with van der Waals surface area (Å²) in [6.07, 6.45) is 5.97. The van der Waals surface area contributed by atoms with Crippen LogP contribution in [0.25, 0.3) is 10.9 Å². The fraction of sp³-hybridized carbons (Fsp3) is 0.394. The highest BCUT2D eigenvalue weighted by Crippen LogP contribution is 2.32. The second-order valence-electron chi connectivity index (χ2n) is 11.5. The maximum atomic E-state index is 13.6. The van der Waals surface area contributed by atoms with Crippen molar-refractivity contribution < 1.29 is 4.79 Å². The number of piperidine rings is 1. The average molecular weight is 548 g/mol. The van der Waals surface area contributed by atoms with Gasteiger partial charge < -0.3 is 9.47 Å². The summed E-state index contributed by atoms with van der Waals surface area (Å²) in [5.41, 5.74) is 7.09. The number of aryl methyl sites for hydroxylation is 2. The van der Waals surface area contributed by atoms with Gasteiger partial charge in [0.2, 0.25) is 0 Å². The van der Waals surface area contributed by atoms with E-state index in [9.17, 15) is 4.79 Å². The SMILES string of the molecule is Cc1cnc(CN2CCC(c3ccc4c(c3)cc(C(=O)N3CCN(Cc5ccc(C#N)cc5)CC3)n4C)CC2)cn1. The molecule has 0 radical (unpaired) electrons. The van der Waals surface area contributed by atoms with E-state index in [0.29, 0.717) is 24.6 Å². The molecule has 0 spiro atoms. The molecule has 6 rings (SSSR count). The van der Waals surface area contributed by atoms with E-state index in [2.05, 4.69) is 54.7 Å². The zero-order valence-electron chi connectivity index (χ0n) is 24.0. The largest absolute Gasteiger partial charge is 0.340 e. The molecule has 8 nitrogen and oxygen atoms in total. The number of nitriles is 1. The number of piperazine rings is 1. The van der Waals surface area contributed by atoms with Gasteiger partial charge in [-0.2, -0.15) is 5.26 Å². The molecule has 4 aromatic rings. The highest BCUT2D eigenvalue weighted by Gasteiger charge is 2.26. The number of hydrogen-bond acceptors (Lipinski definition) is 6. The molecular formula is C33H37N7O. The summed E-state index contributed by atoms with van der Waals surface area (Å²) in [6.45, 7) is 8.87. The summed E-state index contributed by atoms with van der Waals surface area (Å²) < 4.78 is 2.05. The van der Waals surface area contributed by atoms with Crippen molar-refractivity contribution in [2.45, 2.75) is 38.8 Å². The second kappa shape index (κ2) is 11.8.